The van der Waals surface area contributed by atoms with Crippen molar-refractivity contribution in [1.82, 2.24) is 16.3 Å². The molecular weight excluding hydrogens is 222 g/mol. The molecule has 1 aromatic heterocycles. The van der Waals surface area contributed by atoms with E-state index in [1.54, 1.807) is 5.43 Å². The maximum atomic E-state index is 11.2. The molecular formula is C6H7N5O5. The van der Waals surface area contributed by atoms with E-state index in [-0.39, 0.29) is 5.76 Å². The molecule has 0 unspecified atom stereocenters. The fourth-order valence-corrected chi connectivity index (χ4v) is 0.759. The van der Waals surface area contributed by atoms with Gasteiger partial charge in [0, 0.05) is 0 Å². The molecule has 0 aromatic carbocycles. The molecule has 10 heteroatoms. The summed E-state index contributed by atoms with van der Waals surface area (Å²) in [6.07, 6.45) is 0. The molecule has 0 bridgehead atoms. The van der Waals surface area contributed by atoms with Crippen molar-refractivity contribution >= 4 is 17.8 Å². The van der Waals surface area contributed by atoms with Crippen LogP contribution in [0, 0.1) is 10.1 Å². The Morgan fingerprint density at radius 3 is 2.56 bits per heavy atom. The molecule has 3 amide bonds. The monoisotopic (exact) mass is 229 g/mol. The van der Waals surface area contributed by atoms with Gasteiger partial charge in [0.15, 0.2) is 0 Å². The molecule has 0 aliphatic heterocycles. The van der Waals surface area contributed by atoms with Crippen molar-refractivity contribution < 1.29 is 18.9 Å². The quantitative estimate of drug-likeness (QED) is 0.221. The lowest BCUT2D eigenvalue weighted by atomic mass is 10.4. The van der Waals surface area contributed by atoms with Crippen LogP contribution in [0.5, 0.6) is 0 Å². The van der Waals surface area contributed by atoms with Crippen molar-refractivity contribution in [2.75, 3.05) is 0 Å². The highest BCUT2D eigenvalue weighted by molar-refractivity contribution is 5.92. The van der Waals surface area contributed by atoms with E-state index < -0.39 is 22.7 Å². The lowest BCUT2D eigenvalue weighted by Gasteiger charge is -2.03. The maximum absolute atomic E-state index is 11.2. The minimum atomic E-state index is -0.852. The largest absolute Gasteiger partial charge is 0.433 e. The van der Waals surface area contributed by atoms with Gasteiger partial charge in [-0.15, -0.1) is 0 Å². The lowest BCUT2D eigenvalue weighted by molar-refractivity contribution is -0.402. The van der Waals surface area contributed by atoms with Crippen LogP contribution in [0.3, 0.4) is 0 Å². The van der Waals surface area contributed by atoms with Crippen LogP contribution in [0.4, 0.5) is 10.7 Å². The van der Waals surface area contributed by atoms with Crippen LogP contribution in [0.2, 0.25) is 0 Å². The van der Waals surface area contributed by atoms with E-state index >= 15 is 0 Å². The van der Waals surface area contributed by atoms with Gasteiger partial charge in [-0.25, -0.2) is 16.1 Å². The zero-order valence-corrected chi connectivity index (χ0v) is 7.72. The number of carbonyl (C=O) groups is 2. The summed E-state index contributed by atoms with van der Waals surface area (Å²) < 4.78 is 4.56. The van der Waals surface area contributed by atoms with Gasteiger partial charge in [-0.05, 0) is 6.07 Å². The number of hydrogen-bond acceptors (Lipinski definition) is 6. The first-order valence-corrected chi connectivity index (χ1v) is 3.85. The third kappa shape index (κ3) is 2.68. The molecule has 0 atom stereocenters. The first kappa shape index (κ1) is 11.5. The molecule has 0 fully saturated rings. The Labute approximate surface area is 87.9 Å². The predicted molar refractivity (Wildman–Crippen MR) is 48.7 cm³/mol. The van der Waals surface area contributed by atoms with Crippen LogP contribution in [0.25, 0.3) is 0 Å². The van der Waals surface area contributed by atoms with Crippen LogP contribution in [0.1, 0.15) is 10.6 Å². The molecule has 0 aliphatic carbocycles. The summed E-state index contributed by atoms with van der Waals surface area (Å²) in [6.45, 7) is 0. The number of furan rings is 1. The van der Waals surface area contributed by atoms with E-state index in [0.29, 0.717) is 0 Å². The standard InChI is InChI=1S/C6H7N5O5/c7-8-6(13)10-9-5(12)3-1-2-4(16-3)11(14)15/h1-2H,7H2,(H,9,12)(H2,8,10,13). The van der Waals surface area contributed by atoms with Crippen molar-refractivity contribution in [3.05, 3.63) is 28.0 Å². The van der Waals surface area contributed by atoms with Crippen LogP contribution in [-0.2, 0) is 0 Å². The predicted octanol–water partition coefficient (Wildman–Crippen LogP) is -0.994. The van der Waals surface area contributed by atoms with Gasteiger partial charge >= 0.3 is 17.8 Å². The Morgan fingerprint density at radius 1 is 1.38 bits per heavy atom. The minimum absolute atomic E-state index is 0.316. The fraction of sp³-hybridized carbons (Fsp3) is 0. The van der Waals surface area contributed by atoms with Crippen molar-refractivity contribution in [2.24, 2.45) is 5.84 Å². The molecule has 10 nitrogen and oxygen atoms in total. The summed E-state index contributed by atoms with van der Waals surface area (Å²) in [4.78, 5) is 31.2. The number of nitrogens with one attached hydrogen (secondary N) is 3. The highest BCUT2D eigenvalue weighted by atomic mass is 16.6. The number of amides is 3. The van der Waals surface area contributed by atoms with Gasteiger partial charge in [-0.3, -0.25) is 25.8 Å². The van der Waals surface area contributed by atoms with Gasteiger partial charge < -0.3 is 4.42 Å². The second-order valence-corrected chi connectivity index (χ2v) is 2.45. The molecule has 0 spiro atoms. The Bertz CT molecular complexity index is 427. The highest BCUT2D eigenvalue weighted by Gasteiger charge is 2.17. The highest BCUT2D eigenvalue weighted by Crippen LogP contribution is 2.14. The molecule has 16 heavy (non-hydrogen) atoms. The van der Waals surface area contributed by atoms with E-state index in [2.05, 4.69) is 4.42 Å². The van der Waals surface area contributed by atoms with Crippen molar-refractivity contribution in [3.8, 4) is 0 Å². The molecule has 0 saturated carbocycles. The lowest BCUT2D eigenvalue weighted by Crippen LogP contribution is -2.49. The van der Waals surface area contributed by atoms with E-state index in [1.165, 1.54) is 0 Å². The second kappa shape index (κ2) is 4.75. The van der Waals surface area contributed by atoms with Gasteiger partial charge in [0.2, 0.25) is 5.76 Å². The first-order valence-electron chi connectivity index (χ1n) is 3.85. The van der Waals surface area contributed by atoms with Gasteiger partial charge in [-0.2, -0.15) is 0 Å². The Balaban J connectivity index is 2.59. The molecule has 0 saturated heterocycles. The molecule has 0 aliphatic rings. The number of carbonyl (C=O) groups excluding carboxylic acids is 2. The summed E-state index contributed by atoms with van der Waals surface area (Å²) >= 11 is 0. The summed E-state index contributed by atoms with van der Waals surface area (Å²) in [5.74, 6) is 2.97. The first-order chi connectivity index (χ1) is 7.54. The average Bonchev–Trinajstić information content (AvgIpc) is 2.74. The fourth-order valence-electron chi connectivity index (χ4n) is 0.759. The van der Waals surface area contributed by atoms with Crippen LogP contribution in [0.15, 0.2) is 16.5 Å². The molecule has 1 heterocycles. The molecule has 0 radical (unpaired) electrons. The van der Waals surface area contributed by atoms with Crippen molar-refractivity contribution in [1.29, 1.82) is 0 Å². The van der Waals surface area contributed by atoms with Gasteiger partial charge in [0.1, 0.15) is 4.92 Å². The molecule has 86 valence electrons. The van der Waals surface area contributed by atoms with E-state index in [1.807, 2.05) is 10.9 Å². The normalized spacial score (nSPS) is 9.31. The summed E-state index contributed by atoms with van der Waals surface area (Å²) in [6, 6.07) is 1.25. The van der Waals surface area contributed by atoms with E-state index in [0.717, 1.165) is 12.1 Å². The smallest absolute Gasteiger partial charge is 0.395 e. The van der Waals surface area contributed by atoms with E-state index in [9.17, 15) is 19.7 Å². The Kier molecular flexibility index (Phi) is 3.40. The number of nitrogens with two attached hydrogens (primary N) is 1. The summed E-state index contributed by atoms with van der Waals surface area (Å²) in [5, 5.41) is 10.2. The summed E-state index contributed by atoms with van der Waals surface area (Å²) in [7, 11) is 0. The molecule has 1 aromatic rings. The zero-order valence-electron chi connectivity index (χ0n) is 7.72. The van der Waals surface area contributed by atoms with Crippen LogP contribution < -0.4 is 22.1 Å². The minimum Gasteiger partial charge on any atom is -0.395 e. The third-order valence-electron chi connectivity index (χ3n) is 1.42. The number of hydrogen-bond donors (Lipinski definition) is 4. The summed E-state index contributed by atoms with van der Waals surface area (Å²) in [5.41, 5.74) is 5.46. The van der Waals surface area contributed by atoms with Gasteiger partial charge in [0.25, 0.3) is 0 Å². The van der Waals surface area contributed by atoms with Gasteiger partial charge in [0.05, 0.1) is 6.07 Å². The number of rotatable bonds is 2. The van der Waals surface area contributed by atoms with E-state index in [4.69, 9.17) is 5.84 Å². The number of nitro groups is 1. The number of urea groups is 1. The SMILES string of the molecule is NNC(=O)NNC(=O)c1ccc([N+](=O)[O-])o1. The zero-order chi connectivity index (χ0) is 12.1. The molecule has 1 rings (SSSR count). The van der Waals surface area contributed by atoms with Crippen molar-refractivity contribution in [2.45, 2.75) is 0 Å². The van der Waals surface area contributed by atoms with Crippen molar-refractivity contribution in [3.63, 3.8) is 0 Å². The van der Waals surface area contributed by atoms with Crippen LogP contribution in [-0.4, -0.2) is 16.9 Å². The second-order valence-electron chi connectivity index (χ2n) is 2.45. The molecule has 5 N–H and O–H groups in total. The van der Waals surface area contributed by atoms with Gasteiger partial charge in [-0.1, -0.05) is 0 Å². The average molecular weight is 229 g/mol. The topological polar surface area (TPSA) is 153 Å². The maximum Gasteiger partial charge on any atom is 0.433 e. The number of hydrazine groups is 2. The Morgan fingerprint density at radius 2 is 2.06 bits per heavy atom. The van der Waals surface area contributed by atoms with Crippen LogP contribution >= 0.6 is 0 Å². The Hall–Kier alpha value is -2.62. The number of nitrogens with zero attached hydrogens (tertiary/aromatic N) is 1. The third-order valence-corrected chi connectivity index (χ3v) is 1.42.